The maximum absolute atomic E-state index is 11.0. The van der Waals surface area contributed by atoms with Crippen molar-refractivity contribution in [3.63, 3.8) is 0 Å². The Hall–Kier alpha value is -0.940. The van der Waals surface area contributed by atoms with Crippen molar-refractivity contribution < 1.29 is 10.2 Å². The number of rotatable bonds is 7. The van der Waals surface area contributed by atoms with E-state index in [2.05, 4.69) is 34.1 Å². The fourth-order valence-electron chi connectivity index (χ4n) is 4.26. The van der Waals surface area contributed by atoms with E-state index in [-0.39, 0.29) is 0 Å². The van der Waals surface area contributed by atoms with Gasteiger partial charge in [-0.05, 0) is 70.2 Å². The number of hydrogen-bond donors (Lipinski definition) is 2. The highest BCUT2D eigenvalue weighted by molar-refractivity contribution is 5.23. The van der Waals surface area contributed by atoms with Crippen molar-refractivity contribution in [1.29, 1.82) is 0 Å². The molecule has 1 aromatic carbocycles. The monoisotopic (exact) mass is 360 g/mol. The first kappa shape index (κ1) is 19.8. The van der Waals surface area contributed by atoms with Gasteiger partial charge in [0.05, 0.1) is 11.2 Å². The van der Waals surface area contributed by atoms with Gasteiger partial charge in [-0.1, -0.05) is 30.7 Å². The third-order valence-corrected chi connectivity index (χ3v) is 5.83. The molecule has 4 nitrogen and oxygen atoms in total. The van der Waals surface area contributed by atoms with Crippen LogP contribution in [0.2, 0.25) is 0 Å². The molecule has 1 aromatic rings. The van der Waals surface area contributed by atoms with Crippen LogP contribution in [-0.4, -0.2) is 63.9 Å². The number of piperidine rings is 1. The van der Waals surface area contributed by atoms with Crippen molar-refractivity contribution in [2.24, 2.45) is 0 Å². The molecule has 0 unspecified atom stereocenters. The van der Waals surface area contributed by atoms with Crippen LogP contribution in [0.15, 0.2) is 24.3 Å². The standard InChI is InChI=1S/C22H36N2O2/c1-21(2,25)11-10-19-6-8-20(9-7-19)16-24-15-12-22(26,18-24)17-23-13-4-3-5-14-23/h6-9,25-26H,3-5,10-18H2,1-2H3/t22-/m0/s1. The summed E-state index contributed by atoms with van der Waals surface area (Å²) in [7, 11) is 0. The van der Waals surface area contributed by atoms with Gasteiger partial charge in [0.25, 0.3) is 0 Å². The summed E-state index contributed by atoms with van der Waals surface area (Å²) in [5.41, 5.74) is 1.44. The molecule has 0 bridgehead atoms. The lowest BCUT2D eigenvalue weighted by Gasteiger charge is -2.33. The third-order valence-electron chi connectivity index (χ3n) is 5.83. The lowest BCUT2D eigenvalue weighted by molar-refractivity contribution is 0.00635. The number of β-amino-alcohol motifs (C(OH)–C–C–N with tert-alkyl or cyclic N) is 1. The first-order chi connectivity index (χ1) is 12.3. The molecule has 0 saturated carbocycles. The van der Waals surface area contributed by atoms with Gasteiger partial charge in [0, 0.05) is 26.2 Å². The van der Waals surface area contributed by atoms with Crippen LogP contribution in [0.1, 0.15) is 57.1 Å². The predicted molar refractivity (Wildman–Crippen MR) is 106 cm³/mol. The van der Waals surface area contributed by atoms with E-state index in [4.69, 9.17) is 0 Å². The number of aryl methyl sites for hydroxylation is 1. The Morgan fingerprint density at radius 2 is 1.62 bits per heavy atom. The predicted octanol–water partition coefficient (Wildman–Crippen LogP) is 2.81. The highest BCUT2D eigenvalue weighted by Crippen LogP contribution is 2.25. The van der Waals surface area contributed by atoms with Gasteiger partial charge in [0.15, 0.2) is 0 Å². The van der Waals surface area contributed by atoms with Gasteiger partial charge < -0.3 is 15.1 Å². The first-order valence-corrected chi connectivity index (χ1v) is 10.3. The van der Waals surface area contributed by atoms with Crippen molar-refractivity contribution in [2.75, 3.05) is 32.7 Å². The van der Waals surface area contributed by atoms with Crippen LogP contribution in [0, 0.1) is 0 Å². The lowest BCUT2D eigenvalue weighted by atomic mass is 9.98. The first-order valence-electron chi connectivity index (χ1n) is 10.3. The molecule has 0 spiro atoms. The summed E-state index contributed by atoms with van der Waals surface area (Å²) in [4.78, 5) is 4.83. The van der Waals surface area contributed by atoms with Crippen molar-refractivity contribution in [3.8, 4) is 0 Å². The smallest absolute Gasteiger partial charge is 0.0912 e. The molecule has 2 N–H and O–H groups in total. The topological polar surface area (TPSA) is 46.9 Å². The maximum atomic E-state index is 11.0. The summed E-state index contributed by atoms with van der Waals surface area (Å²) in [5.74, 6) is 0. The molecule has 0 radical (unpaired) electrons. The van der Waals surface area contributed by atoms with E-state index in [9.17, 15) is 10.2 Å². The largest absolute Gasteiger partial charge is 0.390 e. The summed E-state index contributed by atoms with van der Waals surface area (Å²) >= 11 is 0. The van der Waals surface area contributed by atoms with E-state index < -0.39 is 11.2 Å². The lowest BCUT2D eigenvalue weighted by Crippen LogP contribution is -2.46. The molecule has 2 saturated heterocycles. The second kappa shape index (κ2) is 8.39. The van der Waals surface area contributed by atoms with Crippen LogP contribution in [0.4, 0.5) is 0 Å². The SMILES string of the molecule is CC(C)(O)CCc1ccc(CN2CC[C@](O)(CN3CCCCC3)C2)cc1. The molecule has 26 heavy (non-hydrogen) atoms. The average molecular weight is 361 g/mol. The maximum Gasteiger partial charge on any atom is 0.0912 e. The molecular weight excluding hydrogens is 324 g/mol. The molecule has 3 rings (SSSR count). The summed E-state index contributed by atoms with van der Waals surface area (Å²) in [6, 6.07) is 8.75. The fraction of sp³-hybridized carbons (Fsp3) is 0.727. The molecule has 2 aliphatic heterocycles. The van der Waals surface area contributed by atoms with Crippen LogP contribution >= 0.6 is 0 Å². The quantitative estimate of drug-likeness (QED) is 0.785. The number of aliphatic hydroxyl groups is 2. The Morgan fingerprint density at radius 1 is 0.962 bits per heavy atom. The van der Waals surface area contributed by atoms with Crippen LogP contribution in [0.3, 0.4) is 0 Å². The van der Waals surface area contributed by atoms with E-state index in [1.807, 2.05) is 13.8 Å². The van der Waals surface area contributed by atoms with Crippen LogP contribution in [0.25, 0.3) is 0 Å². The summed E-state index contributed by atoms with van der Waals surface area (Å²) < 4.78 is 0. The number of nitrogens with zero attached hydrogens (tertiary/aromatic N) is 2. The van der Waals surface area contributed by atoms with Gasteiger partial charge >= 0.3 is 0 Å². The highest BCUT2D eigenvalue weighted by atomic mass is 16.3. The van der Waals surface area contributed by atoms with E-state index >= 15 is 0 Å². The molecule has 0 aliphatic carbocycles. The Morgan fingerprint density at radius 3 is 2.27 bits per heavy atom. The van der Waals surface area contributed by atoms with Crippen molar-refractivity contribution >= 4 is 0 Å². The normalized spacial score (nSPS) is 25.7. The summed E-state index contributed by atoms with van der Waals surface area (Å²) in [6.07, 6.45) is 6.46. The Balaban J connectivity index is 1.47. The fourth-order valence-corrected chi connectivity index (χ4v) is 4.26. The van der Waals surface area contributed by atoms with Gasteiger partial charge in [0.1, 0.15) is 0 Å². The van der Waals surface area contributed by atoms with Gasteiger partial charge in [-0.15, -0.1) is 0 Å². The van der Waals surface area contributed by atoms with Crippen LogP contribution < -0.4 is 0 Å². The zero-order chi connectivity index (χ0) is 18.6. The van der Waals surface area contributed by atoms with Gasteiger partial charge in [0.2, 0.25) is 0 Å². The minimum Gasteiger partial charge on any atom is -0.390 e. The zero-order valence-corrected chi connectivity index (χ0v) is 16.6. The molecule has 146 valence electrons. The Bertz CT molecular complexity index is 561. The summed E-state index contributed by atoms with van der Waals surface area (Å²) in [5, 5.41) is 20.8. The van der Waals surface area contributed by atoms with Crippen molar-refractivity contribution in [1.82, 2.24) is 9.80 Å². The second-order valence-corrected chi connectivity index (χ2v) is 9.15. The number of benzene rings is 1. The second-order valence-electron chi connectivity index (χ2n) is 9.15. The van der Waals surface area contributed by atoms with Gasteiger partial charge in [-0.3, -0.25) is 4.90 Å². The Kier molecular flexibility index (Phi) is 6.39. The van der Waals surface area contributed by atoms with E-state index in [0.29, 0.717) is 0 Å². The minimum absolute atomic E-state index is 0.538. The van der Waals surface area contributed by atoms with Crippen molar-refractivity contribution in [3.05, 3.63) is 35.4 Å². The van der Waals surface area contributed by atoms with E-state index in [0.717, 1.165) is 58.5 Å². The molecule has 2 fully saturated rings. The molecule has 2 aliphatic rings. The minimum atomic E-state index is -0.604. The molecule has 1 atom stereocenters. The highest BCUT2D eigenvalue weighted by Gasteiger charge is 2.37. The number of hydrogen-bond acceptors (Lipinski definition) is 4. The van der Waals surface area contributed by atoms with E-state index in [1.54, 1.807) is 0 Å². The van der Waals surface area contributed by atoms with Crippen LogP contribution in [0.5, 0.6) is 0 Å². The van der Waals surface area contributed by atoms with E-state index in [1.165, 1.54) is 30.4 Å². The zero-order valence-electron chi connectivity index (χ0n) is 16.6. The molecule has 4 heteroatoms. The molecule has 0 aromatic heterocycles. The summed E-state index contributed by atoms with van der Waals surface area (Å²) in [6.45, 7) is 9.52. The van der Waals surface area contributed by atoms with Crippen LogP contribution in [-0.2, 0) is 13.0 Å². The van der Waals surface area contributed by atoms with Gasteiger partial charge in [-0.25, -0.2) is 0 Å². The average Bonchev–Trinajstić information content (AvgIpc) is 2.95. The Labute approximate surface area is 158 Å². The van der Waals surface area contributed by atoms with Crippen molar-refractivity contribution in [2.45, 2.75) is 70.1 Å². The molecular formula is C22H36N2O2. The molecule has 2 heterocycles. The molecule has 0 amide bonds. The van der Waals surface area contributed by atoms with Gasteiger partial charge in [-0.2, -0.15) is 0 Å². The third kappa shape index (κ3) is 6.05. The number of likely N-dealkylation sites (tertiary alicyclic amines) is 2.